The van der Waals surface area contributed by atoms with Crippen LogP contribution in [-0.4, -0.2) is 26.4 Å². The van der Waals surface area contributed by atoms with Crippen molar-refractivity contribution in [3.63, 3.8) is 0 Å². The van der Waals surface area contributed by atoms with E-state index in [1.165, 1.54) is 6.07 Å². The van der Waals surface area contributed by atoms with Crippen molar-refractivity contribution in [2.75, 3.05) is 7.11 Å². The number of methoxy groups -OCH3 is 1. The molecule has 0 aliphatic carbocycles. The van der Waals surface area contributed by atoms with Crippen LogP contribution in [0.4, 0.5) is 13.2 Å². The van der Waals surface area contributed by atoms with Gasteiger partial charge in [0, 0.05) is 30.6 Å². The first kappa shape index (κ1) is 16.3. The van der Waals surface area contributed by atoms with E-state index in [0.29, 0.717) is 34.4 Å². The molecule has 3 aromatic heterocycles. The molecule has 0 aromatic carbocycles. The number of ether oxygens (including phenoxy) is 1. The molecule has 5 nitrogen and oxygen atoms in total. The fourth-order valence-corrected chi connectivity index (χ4v) is 2.61. The van der Waals surface area contributed by atoms with Gasteiger partial charge in [0.25, 0.3) is 0 Å². The molecule has 0 aliphatic heterocycles. The van der Waals surface area contributed by atoms with Gasteiger partial charge in [-0.15, -0.1) is 0 Å². The van der Waals surface area contributed by atoms with E-state index >= 15 is 0 Å². The summed E-state index contributed by atoms with van der Waals surface area (Å²) in [6.07, 6.45) is -1.67. The number of alkyl halides is 3. The highest BCUT2D eigenvalue weighted by Gasteiger charge is 2.30. The minimum Gasteiger partial charge on any atom is -0.497 e. The van der Waals surface area contributed by atoms with Crippen LogP contribution in [0.3, 0.4) is 0 Å². The number of nitrogens with zero attached hydrogens (tertiary/aromatic N) is 4. The SMILES string of the molecule is COc1ccnc(-c2nsc(Cc3ccc(C(F)(F)F)cn3)n2)c1. The Hall–Kier alpha value is -2.55. The van der Waals surface area contributed by atoms with Crippen molar-refractivity contribution in [1.82, 2.24) is 19.3 Å². The molecule has 0 spiro atoms. The summed E-state index contributed by atoms with van der Waals surface area (Å²) in [6.45, 7) is 0. The molecule has 0 aliphatic rings. The lowest BCUT2D eigenvalue weighted by Gasteiger charge is -2.05. The highest BCUT2D eigenvalue weighted by molar-refractivity contribution is 7.05. The quantitative estimate of drug-likeness (QED) is 0.718. The zero-order chi connectivity index (χ0) is 17.2. The Morgan fingerprint density at radius 3 is 2.67 bits per heavy atom. The number of hydrogen-bond acceptors (Lipinski definition) is 6. The molecule has 0 bridgehead atoms. The lowest BCUT2D eigenvalue weighted by atomic mass is 10.2. The average molecular weight is 352 g/mol. The Labute approximate surface area is 139 Å². The van der Waals surface area contributed by atoms with Gasteiger partial charge >= 0.3 is 6.18 Å². The number of halogens is 3. The summed E-state index contributed by atoms with van der Waals surface area (Å²) in [7, 11) is 1.55. The molecule has 0 atom stereocenters. The second-order valence-electron chi connectivity index (χ2n) is 4.81. The van der Waals surface area contributed by atoms with Crippen LogP contribution < -0.4 is 4.74 Å². The normalized spacial score (nSPS) is 11.5. The molecule has 124 valence electrons. The fraction of sp³-hybridized carbons (Fsp3) is 0.200. The second-order valence-corrected chi connectivity index (χ2v) is 5.64. The molecular formula is C15H11F3N4OS. The van der Waals surface area contributed by atoms with Gasteiger partial charge < -0.3 is 4.74 Å². The van der Waals surface area contributed by atoms with E-state index in [1.807, 2.05) is 0 Å². The molecule has 0 unspecified atom stereocenters. The molecule has 0 amide bonds. The molecule has 24 heavy (non-hydrogen) atoms. The number of hydrogen-bond donors (Lipinski definition) is 0. The maximum absolute atomic E-state index is 12.5. The summed E-state index contributed by atoms with van der Waals surface area (Å²) < 4.78 is 46.9. The van der Waals surface area contributed by atoms with Gasteiger partial charge in [-0.05, 0) is 29.7 Å². The van der Waals surface area contributed by atoms with Gasteiger partial charge in [-0.3, -0.25) is 9.97 Å². The minimum absolute atomic E-state index is 0.305. The molecule has 9 heteroatoms. The molecule has 0 saturated carbocycles. The van der Waals surface area contributed by atoms with Crippen molar-refractivity contribution in [1.29, 1.82) is 0 Å². The van der Waals surface area contributed by atoms with Crippen LogP contribution in [0.25, 0.3) is 11.5 Å². The van der Waals surface area contributed by atoms with Crippen molar-refractivity contribution < 1.29 is 17.9 Å². The lowest BCUT2D eigenvalue weighted by molar-refractivity contribution is -0.137. The van der Waals surface area contributed by atoms with E-state index in [1.54, 1.807) is 25.4 Å². The average Bonchev–Trinajstić information content (AvgIpc) is 3.03. The smallest absolute Gasteiger partial charge is 0.417 e. The van der Waals surface area contributed by atoms with Crippen LogP contribution in [0.5, 0.6) is 5.75 Å². The second kappa shape index (κ2) is 6.52. The number of aromatic nitrogens is 4. The number of pyridine rings is 2. The summed E-state index contributed by atoms with van der Waals surface area (Å²) in [5.74, 6) is 1.08. The standard InChI is InChI=1S/C15H11F3N4OS/c1-23-11-4-5-19-12(7-11)14-21-13(24-22-14)6-10-3-2-9(8-20-10)15(16,17)18/h2-5,7-8H,6H2,1H3. The largest absolute Gasteiger partial charge is 0.497 e. The minimum atomic E-state index is -4.39. The van der Waals surface area contributed by atoms with E-state index in [0.717, 1.165) is 23.8 Å². The fourth-order valence-electron chi connectivity index (χ4n) is 1.94. The Morgan fingerprint density at radius 1 is 1.17 bits per heavy atom. The molecule has 3 aromatic rings. The van der Waals surface area contributed by atoms with Crippen molar-refractivity contribution in [3.8, 4) is 17.3 Å². The van der Waals surface area contributed by atoms with E-state index in [9.17, 15) is 13.2 Å². The third-order valence-electron chi connectivity index (χ3n) is 3.15. The number of rotatable bonds is 4. The molecule has 0 radical (unpaired) electrons. The summed E-state index contributed by atoms with van der Waals surface area (Å²) in [6, 6.07) is 5.77. The van der Waals surface area contributed by atoms with Gasteiger partial charge in [0.1, 0.15) is 16.5 Å². The van der Waals surface area contributed by atoms with Crippen LogP contribution in [-0.2, 0) is 12.6 Å². The van der Waals surface area contributed by atoms with Crippen molar-refractivity contribution in [2.24, 2.45) is 0 Å². The Balaban J connectivity index is 1.76. The third kappa shape index (κ3) is 3.67. The van der Waals surface area contributed by atoms with E-state index in [4.69, 9.17) is 4.74 Å². The summed E-state index contributed by atoms with van der Waals surface area (Å²) in [5, 5.41) is 0.641. The van der Waals surface area contributed by atoms with E-state index in [2.05, 4.69) is 19.3 Å². The van der Waals surface area contributed by atoms with E-state index in [-0.39, 0.29) is 0 Å². The highest BCUT2D eigenvalue weighted by atomic mass is 32.1. The first-order valence-corrected chi connectivity index (χ1v) is 7.58. The first-order valence-electron chi connectivity index (χ1n) is 6.81. The monoisotopic (exact) mass is 352 g/mol. The van der Waals surface area contributed by atoms with Crippen molar-refractivity contribution in [3.05, 3.63) is 52.9 Å². The van der Waals surface area contributed by atoms with Crippen molar-refractivity contribution >= 4 is 11.5 Å². The Morgan fingerprint density at radius 2 is 2.00 bits per heavy atom. The summed E-state index contributed by atoms with van der Waals surface area (Å²) >= 11 is 1.16. The Kier molecular flexibility index (Phi) is 4.43. The van der Waals surface area contributed by atoms with Gasteiger partial charge in [0.2, 0.25) is 0 Å². The van der Waals surface area contributed by atoms with Gasteiger partial charge in [-0.2, -0.15) is 17.5 Å². The van der Waals surface area contributed by atoms with Crippen LogP contribution in [0.2, 0.25) is 0 Å². The zero-order valence-electron chi connectivity index (χ0n) is 12.4. The molecule has 0 N–H and O–H groups in total. The molecule has 0 saturated heterocycles. The van der Waals surface area contributed by atoms with E-state index < -0.39 is 11.7 Å². The molecule has 3 rings (SSSR count). The predicted octanol–water partition coefficient (Wildman–Crippen LogP) is 3.61. The van der Waals surface area contributed by atoms with Crippen LogP contribution in [0, 0.1) is 0 Å². The topological polar surface area (TPSA) is 60.8 Å². The van der Waals surface area contributed by atoms with Crippen LogP contribution in [0.1, 0.15) is 16.3 Å². The van der Waals surface area contributed by atoms with Crippen LogP contribution >= 0.6 is 11.5 Å². The van der Waals surface area contributed by atoms with Gasteiger partial charge in [0.05, 0.1) is 12.7 Å². The van der Waals surface area contributed by atoms with Gasteiger partial charge in [-0.25, -0.2) is 4.98 Å². The maximum Gasteiger partial charge on any atom is 0.417 e. The van der Waals surface area contributed by atoms with Crippen molar-refractivity contribution in [2.45, 2.75) is 12.6 Å². The van der Waals surface area contributed by atoms with Gasteiger partial charge in [0.15, 0.2) is 5.82 Å². The third-order valence-corrected chi connectivity index (χ3v) is 3.86. The summed E-state index contributed by atoms with van der Waals surface area (Å²) in [5.41, 5.74) is 0.284. The highest BCUT2D eigenvalue weighted by Crippen LogP contribution is 2.28. The first-order chi connectivity index (χ1) is 11.5. The molecule has 0 fully saturated rings. The zero-order valence-corrected chi connectivity index (χ0v) is 13.2. The molecular weight excluding hydrogens is 341 g/mol. The van der Waals surface area contributed by atoms with Crippen LogP contribution in [0.15, 0.2) is 36.7 Å². The summed E-state index contributed by atoms with van der Waals surface area (Å²) in [4.78, 5) is 12.4. The maximum atomic E-state index is 12.5. The lowest BCUT2D eigenvalue weighted by Crippen LogP contribution is -2.06. The Bertz CT molecular complexity index is 833. The van der Waals surface area contributed by atoms with Gasteiger partial charge in [-0.1, -0.05) is 0 Å². The predicted molar refractivity (Wildman–Crippen MR) is 81.7 cm³/mol. The molecule has 3 heterocycles.